The van der Waals surface area contributed by atoms with Crippen LogP contribution in [0.15, 0.2) is 103 Å². The topological polar surface area (TPSA) is 62.1 Å². The van der Waals surface area contributed by atoms with Gasteiger partial charge in [0.25, 0.3) is 0 Å². The van der Waals surface area contributed by atoms with Crippen LogP contribution in [-0.2, 0) is 9.31 Å². The second-order valence-corrected chi connectivity index (χ2v) is 13.0. The summed E-state index contributed by atoms with van der Waals surface area (Å²) in [4.78, 5) is 16.2. The van der Waals surface area contributed by atoms with Gasteiger partial charge in [-0.2, -0.15) is 9.97 Å². The van der Waals surface area contributed by atoms with Crippen LogP contribution < -0.4 is 5.46 Å². The fraction of sp³-hybridized carbons (Fsp3) is 0.171. The van der Waals surface area contributed by atoms with E-state index in [1.807, 2.05) is 60.7 Å². The maximum Gasteiger partial charge on any atom is 0.494 e. The van der Waals surface area contributed by atoms with E-state index in [0.29, 0.717) is 17.6 Å². The number of aromatic nitrogens is 4. The Morgan fingerprint density at radius 2 is 1.23 bits per heavy atom. The molecule has 0 unspecified atom stereocenters. The molecule has 3 aromatic heterocycles. The van der Waals surface area contributed by atoms with Crippen molar-refractivity contribution < 1.29 is 9.31 Å². The number of thiophene rings is 1. The molecule has 1 saturated heterocycles. The van der Waals surface area contributed by atoms with Crippen LogP contribution in [0.1, 0.15) is 27.7 Å². The number of hydrogen-bond donors (Lipinski definition) is 0. The van der Waals surface area contributed by atoms with E-state index in [2.05, 4.69) is 74.7 Å². The maximum absolute atomic E-state index is 6.44. The molecule has 0 amide bonds. The van der Waals surface area contributed by atoms with E-state index in [4.69, 9.17) is 24.3 Å². The van der Waals surface area contributed by atoms with E-state index in [9.17, 15) is 0 Å². The molecule has 4 aromatic carbocycles. The third-order valence-corrected chi connectivity index (χ3v) is 9.88. The highest BCUT2D eigenvalue weighted by Gasteiger charge is 2.51. The normalized spacial score (nSPS) is 16.0. The summed E-state index contributed by atoms with van der Waals surface area (Å²) in [6, 6.07) is 35.2. The van der Waals surface area contributed by atoms with E-state index in [-0.39, 0.29) is 0 Å². The first kappa shape index (κ1) is 26.3. The van der Waals surface area contributed by atoms with Gasteiger partial charge in [-0.1, -0.05) is 91.0 Å². The van der Waals surface area contributed by atoms with E-state index in [1.54, 1.807) is 11.3 Å². The number of benzene rings is 4. The van der Waals surface area contributed by atoms with E-state index >= 15 is 0 Å². The number of fused-ring (bicyclic) bond motifs is 5. The van der Waals surface area contributed by atoms with Gasteiger partial charge in [-0.15, -0.1) is 11.3 Å². The van der Waals surface area contributed by atoms with E-state index in [1.165, 1.54) is 15.5 Å². The second-order valence-electron chi connectivity index (χ2n) is 12.0. The van der Waals surface area contributed by atoms with Gasteiger partial charge in [-0.25, -0.2) is 4.98 Å². The van der Waals surface area contributed by atoms with Gasteiger partial charge in [0.05, 0.1) is 16.7 Å². The quantitative estimate of drug-likeness (QED) is 0.199. The van der Waals surface area contributed by atoms with Gasteiger partial charge in [0, 0.05) is 32.0 Å². The summed E-state index contributed by atoms with van der Waals surface area (Å²) in [5.74, 6) is 1.85. The molecule has 0 radical (unpaired) electrons. The zero-order chi connectivity index (χ0) is 29.3. The molecule has 43 heavy (non-hydrogen) atoms. The minimum atomic E-state index is -0.454. The fourth-order valence-electron chi connectivity index (χ4n) is 5.73. The summed E-state index contributed by atoms with van der Waals surface area (Å²) in [6.07, 6.45) is 0. The predicted octanol–water partition coefficient (Wildman–Crippen LogP) is 7.82. The molecule has 1 fully saturated rings. The standard InChI is InChI=1S/C35H29BN4O2S/c1-34(2)35(3,4)42-36(41-34)24-19-20-27-26(21-24)29-25-17-11-12-18-28(25)43-32(29)40(27)33-38-30(22-13-7-5-8-14-22)37-31(39-33)23-15-9-6-10-16-23/h5-21H,1-4H3. The van der Waals surface area contributed by atoms with Crippen LogP contribution in [-0.4, -0.2) is 37.8 Å². The largest absolute Gasteiger partial charge is 0.494 e. The number of rotatable bonds is 4. The lowest BCUT2D eigenvalue weighted by Crippen LogP contribution is -2.41. The van der Waals surface area contributed by atoms with Crippen molar-refractivity contribution in [3.63, 3.8) is 0 Å². The molecule has 8 heteroatoms. The van der Waals surface area contributed by atoms with Crippen molar-refractivity contribution in [3.05, 3.63) is 103 Å². The molecule has 0 spiro atoms. The second kappa shape index (κ2) is 9.57. The summed E-state index contributed by atoms with van der Waals surface area (Å²) in [5.41, 5.74) is 3.05. The van der Waals surface area contributed by atoms with Crippen LogP contribution in [0.3, 0.4) is 0 Å². The smallest absolute Gasteiger partial charge is 0.399 e. The average Bonchev–Trinajstić information content (AvgIpc) is 3.62. The summed E-state index contributed by atoms with van der Waals surface area (Å²) in [5, 5.41) is 3.50. The first-order chi connectivity index (χ1) is 20.8. The SMILES string of the molecule is CC1(C)OB(c2ccc3c(c2)c2c4ccccc4sc2n3-c2nc(-c3ccccc3)nc(-c3ccccc3)n2)OC1(C)C. The molecule has 1 aliphatic heterocycles. The van der Waals surface area contributed by atoms with Gasteiger partial charge in [0.2, 0.25) is 5.95 Å². The Bertz CT molecular complexity index is 2080. The van der Waals surface area contributed by atoms with Crippen molar-refractivity contribution in [2.75, 3.05) is 0 Å². The van der Waals surface area contributed by atoms with Crippen LogP contribution in [0.25, 0.3) is 59.9 Å². The van der Waals surface area contributed by atoms with Crippen LogP contribution in [0.5, 0.6) is 0 Å². The highest BCUT2D eigenvalue weighted by molar-refractivity contribution is 7.25. The molecule has 7 aromatic rings. The molecule has 0 N–H and O–H groups in total. The van der Waals surface area contributed by atoms with Crippen LogP contribution in [0.4, 0.5) is 0 Å². The van der Waals surface area contributed by atoms with Crippen molar-refractivity contribution in [1.29, 1.82) is 0 Å². The Morgan fingerprint density at radius 3 is 1.86 bits per heavy atom. The molecule has 210 valence electrons. The Kier molecular flexibility index (Phi) is 5.85. The minimum absolute atomic E-state index is 0.421. The molecule has 0 aliphatic carbocycles. The van der Waals surface area contributed by atoms with Crippen LogP contribution in [0, 0.1) is 0 Å². The van der Waals surface area contributed by atoms with Gasteiger partial charge < -0.3 is 9.31 Å². The third kappa shape index (κ3) is 4.20. The van der Waals surface area contributed by atoms with E-state index in [0.717, 1.165) is 32.3 Å². The lowest BCUT2D eigenvalue weighted by molar-refractivity contribution is 0.00578. The van der Waals surface area contributed by atoms with Crippen molar-refractivity contribution in [2.24, 2.45) is 0 Å². The first-order valence-electron chi connectivity index (χ1n) is 14.5. The van der Waals surface area contributed by atoms with Crippen LogP contribution >= 0.6 is 11.3 Å². The van der Waals surface area contributed by atoms with Gasteiger partial charge >= 0.3 is 7.12 Å². The molecule has 6 nitrogen and oxygen atoms in total. The zero-order valence-corrected chi connectivity index (χ0v) is 25.2. The molecular formula is C35H29BN4O2S. The molecule has 8 rings (SSSR count). The number of nitrogens with zero attached hydrogens (tertiary/aromatic N) is 4. The Labute approximate surface area is 254 Å². The van der Waals surface area contributed by atoms with Crippen molar-refractivity contribution in [1.82, 2.24) is 19.5 Å². The predicted molar refractivity (Wildman–Crippen MR) is 176 cm³/mol. The van der Waals surface area contributed by atoms with E-state index < -0.39 is 18.3 Å². The Hall–Kier alpha value is -4.37. The van der Waals surface area contributed by atoms with Gasteiger partial charge in [-0.05, 0) is 45.3 Å². The average molecular weight is 581 g/mol. The van der Waals surface area contributed by atoms with Crippen molar-refractivity contribution in [3.8, 4) is 28.7 Å². The highest BCUT2D eigenvalue weighted by Crippen LogP contribution is 2.42. The fourth-order valence-corrected chi connectivity index (χ4v) is 6.96. The van der Waals surface area contributed by atoms with Crippen molar-refractivity contribution >= 4 is 55.1 Å². The van der Waals surface area contributed by atoms with Gasteiger partial charge in [0.15, 0.2) is 11.6 Å². The summed E-state index contributed by atoms with van der Waals surface area (Å²) in [7, 11) is -0.454. The lowest BCUT2D eigenvalue weighted by atomic mass is 9.78. The molecule has 1 aliphatic rings. The third-order valence-electron chi connectivity index (χ3n) is 8.72. The Balaban J connectivity index is 1.40. The summed E-state index contributed by atoms with van der Waals surface area (Å²) >= 11 is 1.75. The van der Waals surface area contributed by atoms with Gasteiger partial charge in [-0.3, -0.25) is 4.57 Å². The molecule has 0 bridgehead atoms. The number of hydrogen-bond acceptors (Lipinski definition) is 6. The summed E-state index contributed by atoms with van der Waals surface area (Å²) in [6.45, 7) is 8.34. The van der Waals surface area contributed by atoms with Crippen LogP contribution in [0.2, 0.25) is 0 Å². The highest BCUT2D eigenvalue weighted by atomic mass is 32.1. The molecule has 0 atom stereocenters. The molecule has 0 saturated carbocycles. The molecule has 4 heterocycles. The summed E-state index contributed by atoms with van der Waals surface area (Å²) < 4.78 is 16.3. The lowest BCUT2D eigenvalue weighted by Gasteiger charge is -2.32. The zero-order valence-electron chi connectivity index (χ0n) is 24.4. The minimum Gasteiger partial charge on any atom is -0.399 e. The maximum atomic E-state index is 6.44. The monoisotopic (exact) mass is 580 g/mol. The van der Waals surface area contributed by atoms with Gasteiger partial charge in [0.1, 0.15) is 4.83 Å². The molecular weight excluding hydrogens is 551 g/mol. The Morgan fingerprint density at radius 1 is 0.651 bits per heavy atom. The van der Waals surface area contributed by atoms with Crippen molar-refractivity contribution in [2.45, 2.75) is 38.9 Å². The first-order valence-corrected chi connectivity index (χ1v) is 15.3.